The van der Waals surface area contributed by atoms with Gasteiger partial charge in [0.05, 0.1) is 0 Å². The Morgan fingerprint density at radius 3 is 2.60 bits per heavy atom. The lowest BCUT2D eigenvalue weighted by atomic mass is 10.1. The average molecular weight is 208 g/mol. The minimum Gasteiger partial charge on any atom is -0.315 e. The zero-order chi connectivity index (χ0) is 11.4. The van der Waals surface area contributed by atoms with Crippen molar-refractivity contribution < 1.29 is 0 Å². The van der Waals surface area contributed by atoms with E-state index >= 15 is 0 Å². The summed E-state index contributed by atoms with van der Waals surface area (Å²) in [4.78, 5) is 12.1. The van der Waals surface area contributed by atoms with Crippen LogP contribution in [-0.2, 0) is 13.1 Å². The highest BCUT2D eigenvalue weighted by Crippen LogP contribution is 2.06. The van der Waals surface area contributed by atoms with Crippen LogP contribution in [0.15, 0.2) is 10.9 Å². The molecule has 1 aromatic rings. The van der Waals surface area contributed by atoms with Crippen LogP contribution in [0, 0.1) is 13.8 Å². The number of hydrogen-bond acceptors (Lipinski definition) is 2. The monoisotopic (exact) mass is 208 g/mol. The fourth-order valence-corrected chi connectivity index (χ4v) is 1.86. The minimum atomic E-state index is 0.156. The van der Waals surface area contributed by atoms with Crippen LogP contribution in [0.3, 0.4) is 0 Å². The Bertz CT molecular complexity index is 360. The quantitative estimate of drug-likeness (QED) is 0.815. The van der Waals surface area contributed by atoms with Gasteiger partial charge < -0.3 is 9.88 Å². The number of hydrogen-bond donors (Lipinski definition) is 1. The molecule has 0 aromatic carbocycles. The molecular weight excluding hydrogens is 188 g/mol. The molecule has 0 bridgehead atoms. The van der Waals surface area contributed by atoms with E-state index < -0.39 is 0 Å². The third-order valence-corrected chi connectivity index (χ3v) is 2.63. The molecule has 15 heavy (non-hydrogen) atoms. The number of aryl methyl sites for hydroxylation is 2. The molecule has 0 radical (unpaired) electrons. The maximum absolute atomic E-state index is 12.1. The summed E-state index contributed by atoms with van der Waals surface area (Å²) in [6.45, 7) is 7.53. The Kier molecular flexibility index (Phi) is 4.09. The molecule has 0 saturated heterocycles. The summed E-state index contributed by atoms with van der Waals surface area (Å²) < 4.78 is 1.86. The van der Waals surface area contributed by atoms with E-state index in [9.17, 15) is 4.79 Å². The van der Waals surface area contributed by atoms with E-state index in [1.807, 2.05) is 25.5 Å². The molecule has 3 heteroatoms. The summed E-state index contributed by atoms with van der Waals surface area (Å²) in [5.74, 6) is 0. The molecule has 0 saturated carbocycles. The van der Waals surface area contributed by atoms with Crippen molar-refractivity contribution in [1.29, 1.82) is 0 Å². The van der Waals surface area contributed by atoms with Crippen LogP contribution in [0.25, 0.3) is 0 Å². The smallest absolute Gasteiger partial charge is 0.255 e. The Morgan fingerprint density at radius 1 is 1.40 bits per heavy atom. The summed E-state index contributed by atoms with van der Waals surface area (Å²) in [7, 11) is 1.86. The highest BCUT2D eigenvalue weighted by atomic mass is 16.1. The summed E-state index contributed by atoms with van der Waals surface area (Å²) in [5, 5.41) is 3.04. The van der Waals surface area contributed by atoms with E-state index in [-0.39, 0.29) is 5.56 Å². The van der Waals surface area contributed by atoms with Gasteiger partial charge in [-0.3, -0.25) is 4.79 Å². The van der Waals surface area contributed by atoms with Crippen LogP contribution in [-0.4, -0.2) is 11.6 Å². The molecule has 0 unspecified atom stereocenters. The van der Waals surface area contributed by atoms with E-state index in [1.165, 1.54) is 0 Å². The molecule has 0 amide bonds. The summed E-state index contributed by atoms with van der Waals surface area (Å²) >= 11 is 0. The van der Waals surface area contributed by atoms with Crippen molar-refractivity contribution in [3.05, 3.63) is 33.2 Å². The van der Waals surface area contributed by atoms with Gasteiger partial charge in [-0.05, 0) is 38.9 Å². The molecule has 1 aromatic heterocycles. The van der Waals surface area contributed by atoms with E-state index in [4.69, 9.17) is 0 Å². The minimum absolute atomic E-state index is 0.156. The largest absolute Gasteiger partial charge is 0.315 e. The fourth-order valence-electron chi connectivity index (χ4n) is 1.86. The predicted molar refractivity (Wildman–Crippen MR) is 63.2 cm³/mol. The third kappa shape index (κ3) is 2.48. The lowest BCUT2D eigenvalue weighted by molar-refractivity contribution is 0.621. The molecule has 0 atom stereocenters. The van der Waals surface area contributed by atoms with Gasteiger partial charge in [-0.25, -0.2) is 0 Å². The summed E-state index contributed by atoms with van der Waals surface area (Å²) in [6.07, 6.45) is 0.989. The standard InChI is InChI=1S/C12H20N2O/c1-5-6-14-10(3)7-9(2)11(8-13-4)12(14)15/h7,13H,5-6,8H2,1-4H3. The van der Waals surface area contributed by atoms with Crippen molar-refractivity contribution in [2.24, 2.45) is 0 Å². The fraction of sp³-hybridized carbons (Fsp3) is 0.583. The lowest BCUT2D eigenvalue weighted by Crippen LogP contribution is -2.29. The van der Waals surface area contributed by atoms with Gasteiger partial charge in [-0.15, -0.1) is 0 Å². The highest BCUT2D eigenvalue weighted by Gasteiger charge is 2.08. The first-order valence-corrected chi connectivity index (χ1v) is 5.46. The van der Waals surface area contributed by atoms with Crippen LogP contribution >= 0.6 is 0 Å². The van der Waals surface area contributed by atoms with Crippen molar-refractivity contribution in [1.82, 2.24) is 9.88 Å². The van der Waals surface area contributed by atoms with Gasteiger partial charge >= 0.3 is 0 Å². The number of nitrogens with one attached hydrogen (secondary N) is 1. The van der Waals surface area contributed by atoms with Crippen molar-refractivity contribution in [3.63, 3.8) is 0 Å². The molecule has 1 N–H and O–H groups in total. The molecule has 1 rings (SSSR count). The van der Waals surface area contributed by atoms with Crippen molar-refractivity contribution >= 4 is 0 Å². The number of nitrogens with zero attached hydrogens (tertiary/aromatic N) is 1. The van der Waals surface area contributed by atoms with Crippen LogP contribution in [0.1, 0.15) is 30.2 Å². The van der Waals surface area contributed by atoms with Gasteiger partial charge in [-0.1, -0.05) is 6.92 Å². The second-order valence-corrected chi connectivity index (χ2v) is 3.93. The molecule has 1 heterocycles. The maximum atomic E-state index is 12.1. The number of aromatic nitrogens is 1. The van der Waals surface area contributed by atoms with Crippen LogP contribution in [0.2, 0.25) is 0 Å². The molecule has 84 valence electrons. The van der Waals surface area contributed by atoms with E-state index in [0.29, 0.717) is 6.54 Å². The van der Waals surface area contributed by atoms with Gasteiger partial charge in [0.1, 0.15) is 0 Å². The second kappa shape index (κ2) is 5.12. The first-order valence-electron chi connectivity index (χ1n) is 5.46. The Morgan fingerprint density at radius 2 is 2.07 bits per heavy atom. The highest BCUT2D eigenvalue weighted by molar-refractivity contribution is 5.26. The summed E-state index contributed by atoms with van der Waals surface area (Å²) in [5.41, 5.74) is 3.18. The Labute approximate surface area is 91.1 Å². The topological polar surface area (TPSA) is 34.0 Å². The van der Waals surface area contributed by atoms with E-state index in [0.717, 1.165) is 29.8 Å². The van der Waals surface area contributed by atoms with Crippen LogP contribution < -0.4 is 10.9 Å². The van der Waals surface area contributed by atoms with Crippen LogP contribution in [0.5, 0.6) is 0 Å². The molecule has 0 aliphatic heterocycles. The number of rotatable bonds is 4. The Balaban J connectivity index is 3.29. The summed E-state index contributed by atoms with van der Waals surface area (Å²) in [6, 6.07) is 2.09. The van der Waals surface area contributed by atoms with Gasteiger partial charge in [0.15, 0.2) is 0 Å². The van der Waals surface area contributed by atoms with Crippen molar-refractivity contribution in [3.8, 4) is 0 Å². The van der Waals surface area contributed by atoms with Crippen LogP contribution in [0.4, 0.5) is 0 Å². The van der Waals surface area contributed by atoms with Gasteiger partial charge in [0, 0.05) is 24.3 Å². The number of pyridine rings is 1. The zero-order valence-electron chi connectivity index (χ0n) is 10.1. The SMILES string of the molecule is CCCn1c(C)cc(C)c(CNC)c1=O. The first-order chi connectivity index (χ1) is 7.11. The van der Waals surface area contributed by atoms with Gasteiger partial charge in [-0.2, -0.15) is 0 Å². The normalized spacial score (nSPS) is 10.7. The molecular formula is C12H20N2O. The van der Waals surface area contributed by atoms with Gasteiger partial charge in [0.2, 0.25) is 0 Å². The molecule has 0 fully saturated rings. The molecule has 0 spiro atoms. The van der Waals surface area contributed by atoms with Crippen molar-refractivity contribution in [2.45, 2.75) is 40.3 Å². The first kappa shape index (κ1) is 12.0. The average Bonchev–Trinajstić information content (AvgIpc) is 2.19. The molecule has 0 aliphatic rings. The third-order valence-electron chi connectivity index (χ3n) is 2.63. The Hall–Kier alpha value is -1.09. The van der Waals surface area contributed by atoms with E-state index in [1.54, 1.807) is 0 Å². The zero-order valence-corrected chi connectivity index (χ0v) is 10.1. The van der Waals surface area contributed by atoms with Crippen molar-refractivity contribution in [2.75, 3.05) is 7.05 Å². The van der Waals surface area contributed by atoms with E-state index in [2.05, 4.69) is 18.3 Å². The molecule has 3 nitrogen and oxygen atoms in total. The maximum Gasteiger partial charge on any atom is 0.255 e. The lowest BCUT2D eigenvalue weighted by Gasteiger charge is -2.13. The molecule has 0 aliphatic carbocycles. The second-order valence-electron chi connectivity index (χ2n) is 3.93. The predicted octanol–water partition coefficient (Wildman–Crippen LogP) is 1.59. The van der Waals surface area contributed by atoms with Gasteiger partial charge in [0.25, 0.3) is 5.56 Å².